The molecule has 0 aliphatic carbocycles. The van der Waals surface area contributed by atoms with Crippen molar-refractivity contribution in [2.45, 2.75) is 18.4 Å². The Balaban J connectivity index is 1.55. The summed E-state index contributed by atoms with van der Waals surface area (Å²) in [5.74, 6) is -0.559. The van der Waals surface area contributed by atoms with Crippen molar-refractivity contribution in [2.75, 3.05) is 13.1 Å². The van der Waals surface area contributed by atoms with Crippen LogP contribution in [0.3, 0.4) is 0 Å². The van der Waals surface area contributed by atoms with E-state index in [1.165, 1.54) is 12.1 Å². The Morgan fingerprint density at radius 2 is 1.88 bits per heavy atom. The molecule has 2 heterocycles. The molecule has 1 amide bonds. The maximum Gasteiger partial charge on any atom is 0.273 e. The fourth-order valence-electron chi connectivity index (χ4n) is 3.65. The lowest BCUT2D eigenvalue weighted by atomic mass is 9.87. The van der Waals surface area contributed by atoms with Gasteiger partial charge in [0.05, 0.1) is 6.10 Å². The zero-order valence-electron chi connectivity index (χ0n) is 14.2. The van der Waals surface area contributed by atoms with Gasteiger partial charge < -0.3 is 10.0 Å². The number of amides is 1. The van der Waals surface area contributed by atoms with Crippen LogP contribution in [-0.2, 0) is 0 Å². The summed E-state index contributed by atoms with van der Waals surface area (Å²) in [5.41, 5.74) is 1.31. The van der Waals surface area contributed by atoms with Gasteiger partial charge in [0.25, 0.3) is 5.91 Å². The van der Waals surface area contributed by atoms with Gasteiger partial charge in [0.1, 0.15) is 11.5 Å². The van der Waals surface area contributed by atoms with Crippen molar-refractivity contribution >= 4 is 16.7 Å². The second-order valence-electron chi connectivity index (χ2n) is 6.65. The van der Waals surface area contributed by atoms with Gasteiger partial charge in [0.15, 0.2) is 0 Å². The topological polar surface area (TPSA) is 53.4 Å². The minimum atomic E-state index is -0.687. The summed E-state index contributed by atoms with van der Waals surface area (Å²) in [6.07, 6.45) is 1.58. The molecule has 4 nitrogen and oxygen atoms in total. The van der Waals surface area contributed by atoms with Crippen molar-refractivity contribution < 1.29 is 14.3 Å². The fourth-order valence-corrected chi connectivity index (χ4v) is 3.65. The minimum Gasteiger partial charge on any atom is -0.391 e. The average molecular weight is 350 g/mol. The predicted molar refractivity (Wildman–Crippen MR) is 97.4 cm³/mol. The maximum atomic E-state index is 13.1. The van der Waals surface area contributed by atoms with Crippen LogP contribution in [0.25, 0.3) is 10.8 Å². The lowest BCUT2D eigenvalue weighted by molar-refractivity contribution is 0.0379. The molecule has 1 fully saturated rings. The Morgan fingerprint density at radius 1 is 1.12 bits per heavy atom. The zero-order chi connectivity index (χ0) is 18.1. The number of carbonyl (C=O) groups is 1. The van der Waals surface area contributed by atoms with E-state index in [1.54, 1.807) is 23.2 Å². The Kier molecular flexibility index (Phi) is 4.39. The van der Waals surface area contributed by atoms with Crippen LogP contribution >= 0.6 is 0 Å². The highest BCUT2D eigenvalue weighted by molar-refractivity contribution is 6.05. The Hall–Kier alpha value is -2.79. The summed E-state index contributed by atoms with van der Waals surface area (Å²) < 4.78 is 13.1. The highest BCUT2D eigenvalue weighted by Gasteiger charge is 2.32. The van der Waals surface area contributed by atoms with E-state index in [1.807, 2.05) is 30.3 Å². The Labute approximate surface area is 150 Å². The number of β-amino-alcohol motifs (C(OH)–C–C–N with tert-alkyl or cyclic N) is 1. The summed E-state index contributed by atoms with van der Waals surface area (Å²) in [6.45, 7) is 0.772. The molecule has 0 spiro atoms. The number of hydrogen-bond acceptors (Lipinski definition) is 3. The van der Waals surface area contributed by atoms with Crippen molar-refractivity contribution in [3.63, 3.8) is 0 Å². The Bertz CT molecular complexity index is 937. The first-order chi connectivity index (χ1) is 12.6. The molecule has 26 heavy (non-hydrogen) atoms. The van der Waals surface area contributed by atoms with Gasteiger partial charge in [0, 0.05) is 30.6 Å². The van der Waals surface area contributed by atoms with Crippen LogP contribution in [0.5, 0.6) is 0 Å². The molecule has 1 aliphatic rings. The van der Waals surface area contributed by atoms with Gasteiger partial charge in [-0.1, -0.05) is 36.4 Å². The number of fused-ring (bicyclic) bond motifs is 1. The monoisotopic (exact) mass is 350 g/mol. The molecule has 0 saturated carbocycles. The van der Waals surface area contributed by atoms with Crippen LogP contribution in [-0.4, -0.2) is 40.1 Å². The molecule has 3 aromatic rings. The quantitative estimate of drug-likeness (QED) is 0.771. The number of nitrogens with zero attached hydrogens (tertiary/aromatic N) is 2. The van der Waals surface area contributed by atoms with E-state index >= 15 is 0 Å². The van der Waals surface area contributed by atoms with Crippen molar-refractivity contribution in [1.29, 1.82) is 0 Å². The normalized spacial score (nSPS) is 20.3. The van der Waals surface area contributed by atoms with Gasteiger partial charge in [-0.2, -0.15) is 0 Å². The van der Waals surface area contributed by atoms with Crippen LogP contribution in [0.15, 0.2) is 60.8 Å². The molecule has 4 rings (SSSR count). The van der Waals surface area contributed by atoms with Crippen LogP contribution < -0.4 is 0 Å². The summed E-state index contributed by atoms with van der Waals surface area (Å²) in [6, 6.07) is 15.7. The number of aliphatic hydroxyl groups excluding tert-OH is 1. The molecule has 132 valence electrons. The highest BCUT2D eigenvalue weighted by atomic mass is 19.1. The predicted octanol–water partition coefficient (Wildman–Crippen LogP) is 3.36. The first-order valence-electron chi connectivity index (χ1n) is 8.70. The van der Waals surface area contributed by atoms with E-state index in [4.69, 9.17) is 0 Å². The van der Waals surface area contributed by atoms with Crippen molar-refractivity contribution in [2.24, 2.45) is 0 Å². The summed E-state index contributed by atoms with van der Waals surface area (Å²) >= 11 is 0. The lowest BCUT2D eigenvalue weighted by Gasteiger charge is -2.36. The SMILES string of the molecule is O=C(c1nccc2ccccc12)N1CC[C@@H](c2ccc(F)cc2)[C@H](O)C1. The van der Waals surface area contributed by atoms with Crippen LogP contribution in [0.4, 0.5) is 4.39 Å². The molecular weight excluding hydrogens is 331 g/mol. The molecule has 0 unspecified atom stereocenters. The molecular formula is C21H19FN2O2. The lowest BCUT2D eigenvalue weighted by Crippen LogP contribution is -2.46. The number of carbonyl (C=O) groups excluding carboxylic acids is 1. The third kappa shape index (κ3) is 3.06. The molecule has 1 aromatic heterocycles. The van der Waals surface area contributed by atoms with Crippen molar-refractivity contribution in [1.82, 2.24) is 9.88 Å². The first kappa shape index (κ1) is 16.7. The third-order valence-corrected chi connectivity index (χ3v) is 5.04. The summed E-state index contributed by atoms with van der Waals surface area (Å²) in [7, 11) is 0. The molecule has 1 aliphatic heterocycles. The highest BCUT2D eigenvalue weighted by Crippen LogP contribution is 2.29. The van der Waals surface area contributed by atoms with Crippen LogP contribution in [0.2, 0.25) is 0 Å². The molecule has 1 saturated heterocycles. The van der Waals surface area contributed by atoms with Gasteiger partial charge in [0.2, 0.25) is 0 Å². The fraction of sp³-hybridized carbons (Fsp3) is 0.238. The molecule has 2 atom stereocenters. The van der Waals surface area contributed by atoms with E-state index in [-0.39, 0.29) is 24.2 Å². The van der Waals surface area contributed by atoms with Gasteiger partial charge in [-0.05, 0) is 35.6 Å². The molecule has 0 bridgehead atoms. The minimum absolute atomic E-state index is 0.0971. The van der Waals surface area contributed by atoms with Crippen LogP contribution in [0.1, 0.15) is 28.4 Å². The van der Waals surface area contributed by atoms with Gasteiger partial charge in [-0.15, -0.1) is 0 Å². The maximum absolute atomic E-state index is 13.1. The number of aliphatic hydroxyl groups is 1. The van der Waals surface area contributed by atoms with Crippen LogP contribution in [0, 0.1) is 5.82 Å². The zero-order valence-corrected chi connectivity index (χ0v) is 14.2. The van der Waals surface area contributed by atoms with Gasteiger partial charge >= 0.3 is 0 Å². The third-order valence-electron chi connectivity index (χ3n) is 5.04. The number of aromatic nitrogens is 1. The number of pyridine rings is 1. The molecule has 1 N–H and O–H groups in total. The van der Waals surface area contributed by atoms with Gasteiger partial charge in [-0.3, -0.25) is 9.78 Å². The average Bonchev–Trinajstić information content (AvgIpc) is 2.68. The van der Waals surface area contributed by atoms with E-state index in [0.29, 0.717) is 18.7 Å². The van der Waals surface area contributed by atoms with Crippen molar-refractivity contribution in [3.8, 4) is 0 Å². The second kappa shape index (κ2) is 6.84. The number of benzene rings is 2. The summed E-state index contributed by atoms with van der Waals surface area (Å²) in [5, 5.41) is 12.3. The smallest absolute Gasteiger partial charge is 0.273 e. The number of hydrogen-bond donors (Lipinski definition) is 1. The van der Waals surface area contributed by atoms with E-state index in [0.717, 1.165) is 16.3 Å². The number of halogens is 1. The van der Waals surface area contributed by atoms with Gasteiger partial charge in [-0.25, -0.2) is 4.39 Å². The number of likely N-dealkylation sites (tertiary alicyclic amines) is 1. The summed E-state index contributed by atoms with van der Waals surface area (Å²) in [4.78, 5) is 18.9. The molecule has 5 heteroatoms. The largest absolute Gasteiger partial charge is 0.391 e. The Morgan fingerprint density at radius 3 is 2.65 bits per heavy atom. The van der Waals surface area contributed by atoms with Crippen molar-refractivity contribution in [3.05, 3.63) is 77.9 Å². The first-order valence-corrected chi connectivity index (χ1v) is 8.70. The van der Waals surface area contributed by atoms with E-state index in [2.05, 4.69) is 4.98 Å². The standard InChI is InChI=1S/C21H19FN2O2/c22-16-7-5-15(6-8-16)17-10-12-24(13-19(17)25)21(26)20-18-4-2-1-3-14(18)9-11-23-20/h1-9,11,17,19,25H,10,12-13H2/t17-,19+/m0/s1. The van der Waals surface area contributed by atoms with E-state index in [9.17, 15) is 14.3 Å². The van der Waals surface area contributed by atoms with E-state index < -0.39 is 6.10 Å². The second-order valence-corrected chi connectivity index (χ2v) is 6.65. The number of rotatable bonds is 2. The number of piperidine rings is 1. The molecule has 0 radical (unpaired) electrons. The molecule has 2 aromatic carbocycles.